The normalized spacial score (nSPS) is 11.7. The van der Waals surface area contributed by atoms with Crippen LogP contribution < -0.4 is 0 Å². The molecule has 0 N–H and O–H groups in total. The lowest BCUT2D eigenvalue weighted by Gasteiger charge is -2.12. The van der Waals surface area contributed by atoms with Crippen molar-refractivity contribution in [3.63, 3.8) is 0 Å². The minimum atomic E-state index is 0.648. The van der Waals surface area contributed by atoms with Crippen LogP contribution >= 0.6 is 45.2 Å². The van der Waals surface area contributed by atoms with E-state index in [0.717, 1.165) is 50.4 Å². The Morgan fingerprint density at radius 2 is 0.827 bits per heavy atom. The van der Waals surface area contributed by atoms with Gasteiger partial charge in [-0.15, -0.1) is 0 Å². The van der Waals surface area contributed by atoms with Crippen LogP contribution in [-0.2, 0) is 0 Å². The van der Waals surface area contributed by atoms with Gasteiger partial charge in [0, 0.05) is 45.5 Å². The van der Waals surface area contributed by atoms with Gasteiger partial charge in [0.2, 0.25) is 5.95 Å². The highest BCUT2D eigenvalue weighted by atomic mass is 127. The number of benzene rings is 7. The molecular formula is C46H28I2N4. The SMILES string of the molecule is Ic1ccc(-c2cc(-c3ccc(I)cc3)nc(-n3c4ccccc4c4ccc(-c5ccc6c(c5)c5ccccc5n6-c5ccccc5)cc43)n2)cc1. The molecule has 0 aliphatic heterocycles. The maximum Gasteiger partial charge on any atom is 0.235 e. The third-order valence-electron chi connectivity index (χ3n) is 9.89. The van der Waals surface area contributed by atoms with E-state index in [4.69, 9.17) is 9.97 Å². The summed E-state index contributed by atoms with van der Waals surface area (Å²) in [4.78, 5) is 10.5. The van der Waals surface area contributed by atoms with E-state index in [2.05, 4.69) is 224 Å². The van der Waals surface area contributed by atoms with Gasteiger partial charge < -0.3 is 4.57 Å². The van der Waals surface area contributed by atoms with Gasteiger partial charge in [-0.2, -0.15) is 0 Å². The molecule has 0 bridgehead atoms. The first-order valence-corrected chi connectivity index (χ1v) is 19.3. The predicted octanol–water partition coefficient (Wildman–Crippen LogP) is 12.9. The Morgan fingerprint density at radius 3 is 1.48 bits per heavy atom. The Hall–Kier alpha value is -5.32. The molecule has 10 aromatic rings. The topological polar surface area (TPSA) is 35.6 Å². The number of nitrogens with zero attached hydrogens (tertiary/aromatic N) is 4. The molecule has 246 valence electrons. The van der Waals surface area contributed by atoms with Crippen LogP contribution in [0.2, 0.25) is 0 Å². The van der Waals surface area contributed by atoms with Crippen molar-refractivity contribution in [1.82, 2.24) is 19.1 Å². The van der Waals surface area contributed by atoms with E-state index in [0.29, 0.717) is 5.95 Å². The summed E-state index contributed by atoms with van der Waals surface area (Å²) < 4.78 is 6.97. The van der Waals surface area contributed by atoms with E-state index in [-0.39, 0.29) is 0 Å². The molecule has 0 fully saturated rings. The Kier molecular flexibility index (Phi) is 7.68. The summed E-state index contributed by atoms with van der Waals surface area (Å²) >= 11 is 4.70. The van der Waals surface area contributed by atoms with Crippen molar-refractivity contribution in [2.75, 3.05) is 0 Å². The maximum atomic E-state index is 5.27. The number of para-hydroxylation sites is 3. The molecular weight excluding hydrogens is 862 g/mol. The van der Waals surface area contributed by atoms with E-state index in [1.54, 1.807) is 0 Å². The predicted molar refractivity (Wildman–Crippen MR) is 232 cm³/mol. The zero-order valence-electron chi connectivity index (χ0n) is 27.7. The molecule has 10 rings (SSSR count). The van der Waals surface area contributed by atoms with Crippen LogP contribution in [0.4, 0.5) is 0 Å². The minimum absolute atomic E-state index is 0.648. The molecule has 7 aromatic carbocycles. The average Bonchev–Trinajstić information content (AvgIpc) is 3.71. The number of fused-ring (bicyclic) bond motifs is 6. The van der Waals surface area contributed by atoms with E-state index in [9.17, 15) is 0 Å². The van der Waals surface area contributed by atoms with Crippen LogP contribution in [-0.4, -0.2) is 19.1 Å². The fourth-order valence-corrected chi connectivity index (χ4v) is 8.16. The molecule has 4 nitrogen and oxygen atoms in total. The van der Waals surface area contributed by atoms with E-state index in [1.807, 2.05) is 0 Å². The van der Waals surface area contributed by atoms with Crippen LogP contribution in [0.25, 0.3) is 88.9 Å². The highest BCUT2D eigenvalue weighted by Gasteiger charge is 2.19. The molecule has 0 saturated heterocycles. The van der Waals surface area contributed by atoms with Crippen molar-refractivity contribution < 1.29 is 0 Å². The van der Waals surface area contributed by atoms with Crippen molar-refractivity contribution in [2.45, 2.75) is 0 Å². The Bertz CT molecular complexity index is 2900. The Balaban J connectivity index is 1.20. The number of aromatic nitrogens is 4. The minimum Gasteiger partial charge on any atom is -0.309 e. The molecule has 52 heavy (non-hydrogen) atoms. The van der Waals surface area contributed by atoms with Crippen LogP contribution in [0.1, 0.15) is 0 Å². The Labute approximate surface area is 327 Å². The maximum absolute atomic E-state index is 5.27. The lowest BCUT2D eigenvalue weighted by atomic mass is 10.0. The fraction of sp³-hybridized carbons (Fsp3) is 0. The van der Waals surface area contributed by atoms with Crippen LogP contribution in [0.15, 0.2) is 170 Å². The summed E-state index contributed by atoms with van der Waals surface area (Å²) in [5, 5.41) is 4.81. The summed E-state index contributed by atoms with van der Waals surface area (Å²) in [6, 6.07) is 60.7. The largest absolute Gasteiger partial charge is 0.309 e. The summed E-state index contributed by atoms with van der Waals surface area (Å²) in [6.45, 7) is 0. The molecule has 3 aromatic heterocycles. The molecule has 0 spiro atoms. The van der Waals surface area contributed by atoms with Gasteiger partial charge >= 0.3 is 0 Å². The van der Waals surface area contributed by atoms with Crippen molar-refractivity contribution in [3.05, 3.63) is 177 Å². The van der Waals surface area contributed by atoms with Gasteiger partial charge in [-0.25, -0.2) is 9.97 Å². The second-order valence-corrected chi connectivity index (χ2v) is 15.4. The number of hydrogen-bond donors (Lipinski definition) is 0. The number of hydrogen-bond acceptors (Lipinski definition) is 2. The summed E-state index contributed by atoms with van der Waals surface area (Å²) in [7, 11) is 0. The van der Waals surface area contributed by atoms with Gasteiger partial charge in [-0.05, 0) is 129 Å². The molecule has 0 unspecified atom stereocenters. The van der Waals surface area contributed by atoms with Crippen LogP contribution in [0.3, 0.4) is 0 Å². The molecule has 0 amide bonds. The zero-order chi connectivity index (χ0) is 34.8. The molecule has 0 aliphatic carbocycles. The van der Waals surface area contributed by atoms with Crippen LogP contribution in [0.5, 0.6) is 0 Å². The first-order chi connectivity index (χ1) is 25.6. The van der Waals surface area contributed by atoms with Gasteiger partial charge in [0.15, 0.2) is 0 Å². The number of halogens is 2. The van der Waals surface area contributed by atoms with Gasteiger partial charge in [-0.3, -0.25) is 4.57 Å². The monoisotopic (exact) mass is 890 g/mol. The highest BCUT2D eigenvalue weighted by Crippen LogP contribution is 2.38. The standard InChI is InChI=1S/C46H28I2N4/c47-33-20-14-29(15-21-33)40-28-41(30-16-22-34(48)23-17-30)50-46(49-40)52-43-13-7-4-10-36(43)38-24-18-32(27-45(38)52)31-19-25-44-39(26-31)37-11-5-6-12-42(37)51(44)35-8-2-1-3-9-35/h1-28H. The summed E-state index contributed by atoms with van der Waals surface area (Å²) in [5.74, 6) is 0.648. The molecule has 0 atom stereocenters. The second kappa shape index (κ2) is 12.7. The summed E-state index contributed by atoms with van der Waals surface area (Å²) in [5.41, 5.74) is 11.9. The summed E-state index contributed by atoms with van der Waals surface area (Å²) in [6.07, 6.45) is 0. The zero-order valence-corrected chi connectivity index (χ0v) is 32.0. The van der Waals surface area contributed by atoms with Crippen molar-refractivity contribution in [1.29, 1.82) is 0 Å². The van der Waals surface area contributed by atoms with Crippen molar-refractivity contribution in [3.8, 4) is 45.3 Å². The highest BCUT2D eigenvalue weighted by molar-refractivity contribution is 14.1. The van der Waals surface area contributed by atoms with Gasteiger partial charge in [0.05, 0.1) is 33.5 Å². The van der Waals surface area contributed by atoms with Gasteiger partial charge in [0.1, 0.15) is 0 Å². The molecule has 3 heterocycles. The third kappa shape index (κ3) is 5.31. The van der Waals surface area contributed by atoms with E-state index >= 15 is 0 Å². The lowest BCUT2D eigenvalue weighted by molar-refractivity contribution is 0.995. The quantitative estimate of drug-likeness (QED) is 0.161. The second-order valence-electron chi connectivity index (χ2n) is 13.0. The number of rotatable bonds is 5. The van der Waals surface area contributed by atoms with Crippen molar-refractivity contribution in [2.24, 2.45) is 0 Å². The van der Waals surface area contributed by atoms with Crippen molar-refractivity contribution >= 4 is 88.8 Å². The average molecular weight is 891 g/mol. The first-order valence-electron chi connectivity index (χ1n) is 17.1. The molecule has 0 aliphatic rings. The molecule has 0 radical (unpaired) electrons. The van der Waals surface area contributed by atoms with E-state index < -0.39 is 0 Å². The van der Waals surface area contributed by atoms with Gasteiger partial charge in [0.25, 0.3) is 0 Å². The fourth-order valence-electron chi connectivity index (χ4n) is 7.44. The molecule has 0 saturated carbocycles. The smallest absolute Gasteiger partial charge is 0.235 e. The van der Waals surface area contributed by atoms with Gasteiger partial charge in [-0.1, -0.05) is 97.1 Å². The lowest BCUT2D eigenvalue weighted by Crippen LogP contribution is -2.04. The Morgan fingerprint density at radius 1 is 0.346 bits per heavy atom. The molecule has 6 heteroatoms. The van der Waals surface area contributed by atoms with E-state index in [1.165, 1.54) is 39.7 Å². The first kappa shape index (κ1) is 31.4. The third-order valence-corrected chi connectivity index (χ3v) is 11.3. The van der Waals surface area contributed by atoms with Crippen LogP contribution in [0, 0.1) is 7.14 Å².